The van der Waals surface area contributed by atoms with E-state index in [9.17, 15) is 0 Å². The van der Waals surface area contributed by atoms with Crippen LogP contribution in [0.4, 0.5) is 0 Å². The molecule has 2 aromatic heterocycles. The maximum atomic E-state index is 5.07. The van der Waals surface area contributed by atoms with Crippen molar-refractivity contribution in [1.29, 1.82) is 0 Å². The molecule has 0 amide bonds. The van der Waals surface area contributed by atoms with Crippen LogP contribution in [-0.4, -0.2) is 54.2 Å². The fourth-order valence-corrected chi connectivity index (χ4v) is 3.57. The number of nitrogens with zero attached hydrogens (tertiary/aromatic N) is 2. The minimum Gasteiger partial charge on any atom is -0.481 e. The molecule has 1 aliphatic heterocycles. The van der Waals surface area contributed by atoms with E-state index in [1.54, 1.807) is 13.3 Å². The lowest BCUT2D eigenvalue weighted by Gasteiger charge is -2.32. The van der Waals surface area contributed by atoms with Gasteiger partial charge in [-0.3, -0.25) is 4.90 Å². The molecule has 0 spiro atoms. The zero-order valence-electron chi connectivity index (χ0n) is 16.4. The summed E-state index contributed by atoms with van der Waals surface area (Å²) in [6.45, 7) is 3.81. The van der Waals surface area contributed by atoms with E-state index in [0.717, 1.165) is 38.2 Å². The topological polar surface area (TPSA) is 53.2 Å². The standard InChI is InChI=1S/C22H24N4O.2ClH/c1-27-22-9-8-17(14-25-22)5-4-11-26-12-10-23-19(16-26)13-18-15-24-21-7-3-2-6-20(18)21;;/h2-3,6-9,14-15,19,23-24H,10-13,16H2,1H3;2*1H. The lowest BCUT2D eigenvalue weighted by molar-refractivity contribution is 0.220. The first-order chi connectivity index (χ1) is 13.3. The third kappa shape index (κ3) is 5.88. The second-order valence-electron chi connectivity index (χ2n) is 6.84. The molecule has 2 N–H and O–H groups in total. The van der Waals surface area contributed by atoms with E-state index in [0.29, 0.717) is 11.9 Å². The molecule has 7 heteroatoms. The Bertz CT molecular complexity index is 962. The number of aromatic amines is 1. The van der Waals surface area contributed by atoms with Crippen molar-refractivity contribution in [2.24, 2.45) is 0 Å². The molecule has 0 saturated carbocycles. The Labute approximate surface area is 184 Å². The van der Waals surface area contributed by atoms with Gasteiger partial charge in [-0.1, -0.05) is 30.0 Å². The SMILES string of the molecule is COc1ccc(C#CCN2CCNC(Cc3c[nH]c4ccccc34)C2)cn1.Cl.Cl. The van der Waals surface area contributed by atoms with E-state index < -0.39 is 0 Å². The van der Waals surface area contributed by atoms with Crippen LogP contribution < -0.4 is 10.1 Å². The molecule has 154 valence electrons. The highest BCUT2D eigenvalue weighted by Gasteiger charge is 2.19. The van der Waals surface area contributed by atoms with Gasteiger partial charge >= 0.3 is 0 Å². The average molecular weight is 433 g/mol. The molecule has 29 heavy (non-hydrogen) atoms. The van der Waals surface area contributed by atoms with Gasteiger partial charge in [-0.2, -0.15) is 0 Å². The maximum absolute atomic E-state index is 5.07. The number of fused-ring (bicyclic) bond motifs is 1. The van der Waals surface area contributed by atoms with Gasteiger partial charge in [-0.15, -0.1) is 24.8 Å². The summed E-state index contributed by atoms with van der Waals surface area (Å²) in [7, 11) is 1.62. The molecule has 0 radical (unpaired) electrons. The van der Waals surface area contributed by atoms with Gasteiger partial charge in [0.2, 0.25) is 5.88 Å². The summed E-state index contributed by atoms with van der Waals surface area (Å²) in [5.74, 6) is 7.09. The van der Waals surface area contributed by atoms with Crippen LogP contribution in [0.5, 0.6) is 5.88 Å². The van der Waals surface area contributed by atoms with Gasteiger partial charge in [0, 0.05) is 60.6 Å². The first-order valence-corrected chi connectivity index (χ1v) is 9.31. The minimum atomic E-state index is 0. The van der Waals surface area contributed by atoms with E-state index in [2.05, 4.69) is 62.5 Å². The molecule has 3 heterocycles. The minimum absolute atomic E-state index is 0. The Morgan fingerprint density at radius 3 is 2.86 bits per heavy atom. The van der Waals surface area contributed by atoms with Crippen LogP contribution >= 0.6 is 24.8 Å². The molecular formula is C22H26Cl2N4O. The number of hydrogen-bond acceptors (Lipinski definition) is 4. The summed E-state index contributed by atoms with van der Waals surface area (Å²) in [4.78, 5) is 9.98. The number of pyridine rings is 1. The Morgan fingerprint density at radius 1 is 1.21 bits per heavy atom. The number of aromatic nitrogens is 2. The number of piperazine rings is 1. The highest BCUT2D eigenvalue weighted by atomic mass is 35.5. The molecular weight excluding hydrogens is 407 g/mol. The van der Waals surface area contributed by atoms with Crippen LogP contribution in [0.3, 0.4) is 0 Å². The Hall–Kier alpha value is -2.23. The van der Waals surface area contributed by atoms with Gasteiger partial charge in [-0.05, 0) is 24.1 Å². The van der Waals surface area contributed by atoms with Crippen LogP contribution in [0.25, 0.3) is 10.9 Å². The van der Waals surface area contributed by atoms with Gasteiger partial charge < -0.3 is 15.0 Å². The van der Waals surface area contributed by atoms with Crippen LogP contribution in [0.2, 0.25) is 0 Å². The van der Waals surface area contributed by atoms with Crippen molar-refractivity contribution in [3.05, 3.63) is 59.9 Å². The summed E-state index contributed by atoms with van der Waals surface area (Å²) in [6, 6.07) is 12.7. The summed E-state index contributed by atoms with van der Waals surface area (Å²) >= 11 is 0. The van der Waals surface area contributed by atoms with Crippen LogP contribution in [0.1, 0.15) is 11.1 Å². The largest absolute Gasteiger partial charge is 0.481 e. The van der Waals surface area contributed by atoms with Crippen molar-refractivity contribution in [2.45, 2.75) is 12.5 Å². The number of halogens is 2. The number of H-pyrrole nitrogens is 1. The normalized spacial score (nSPS) is 16.2. The number of rotatable bonds is 4. The first-order valence-electron chi connectivity index (χ1n) is 9.31. The summed E-state index contributed by atoms with van der Waals surface area (Å²) in [5, 5.41) is 4.97. The number of hydrogen-bond donors (Lipinski definition) is 2. The van der Waals surface area contributed by atoms with Crippen LogP contribution in [0, 0.1) is 11.8 Å². The molecule has 1 unspecified atom stereocenters. The van der Waals surface area contributed by atoms with Gasteiger partial charge in [0.25, 0.3) is 0 Å². The predicted molar refractivity (Wildman–Crippen MR) is 122 cm³/mol. The zero-order valence-corrected chi connectivity index (χ0v) is 18.0. The number of methoxy groups -OCH3 is 1. The van der Waals surface area contributed by atoms with E-state index in [-0.39, 0.29) is 24.8 Å². The average Bonchev–Trinajstić information content (AvgIpc) is 3.12. The molecule has 1 aromatic carbocycles. The predicted octanol–water partition coefficient (Wildman–Crippen LogP) is 3.28. The third-order valence-electron chi connectivity index (χ3n) is 4.96. The lowest BCUT2D eigenvalue weighted by Crippen LogP contribution is -2.51. The van der Waals surface area contributed by atoms with E-state index in [4.69, 9.17) is 4.74 Å². The fraction of sp³-hybridized carbons (Fsp3) is 0.318. The number of para-hydroxylation sites is 1. The van der Waals surface area contributed by atoms with Gasteiger partial charge in [0.1, 0.15) is 0 Å². The van der Waals surface area contributed by atoms with Crippen LogP contribution in [-0.2, 0) is 6.42 Å². The highest BCUT2D eigenvalue weighted by molar-refractivity contribution is 5.85. The summed E-state index contributed by atoms with van der Waals surface area (Å²) in [5.41, 5.74) is 3.50. The molecule has 1 atom stereocenters. The first kappa shape index (κ1) is 23.1. The zero-order chi connectivity index (χ0) is 18.5. The van der Waals surface area contributed by atoms with Crippen molar-refractivity contribution in [2.75, 3.05) is 33.3 Å². The monoisotopic (exact) mass is 432 g/mol. The number of nitrogens with one attached hydrogen (secondary N) is 2. The molecule has 1 aliphatic rings. The molecule has 0 bridgehead atoms. The van der Waals surface area contributed by atoms with E-state index in [1.165, 1.54) is 16.5 Å². The Morgan fingerprint density at radius 2 is 2.07 bits per heavy atom. The second kappa shape index (κ2) is 11.1. The van der Waals surface area contributed by atoms with Crippen LogP contribution in [0.15, 0.2) is 48.8 Å². The highest BCUT2D eigenvalue weighted by Crippen LogP contribution is 2.19. The van der Waals surface area contributed by atoms with Crippen molar-refractivity contribution < 1.29 is 4.74 Å². The quantitative estimate of drug-likeness (QED) is 0.621. The molecule has 3 aromatic rings. The second-order valence-corrected chi connectivity index (χ2v) is 6.84. The summed E-state index contributed by atoms with van der Waals surface area (Å²) in [6.07, 6.45) is 4.92. The number of ether oxygens (including phenoxy) is 1. The Balaban J connectivity index is 0.00000150. The molecule has 1 saturated heterocycles. The maximum Gasteiger partial charge on any atom is 0.212 e. The van der Waals surface area contributed by atoms with Gasteiger partial charge in [0.05, 0.1) is 13.7 Å². The molecule has 0 aliphatic carbocycles. The molecule has 5 nitrogen and oxygen atoms in total. The van der Waals surface area contributed by atoms with Gasteiger partial charge in [-0.25, -0.2) is 4.98 Å². The Kier molecular flexibility index (Phi) is 8.81. The smallest absolute Gasteiger partial charge is 0.212 e. The van der Waals surface area contributed by atoms with Crippen molar-refractivity contribution >= 4 is 35.7 Å². The molecule has 1 fully saturated rings. The van der Waals surface area contributed by atoms with Crippen molar-refractivity contribution in [3.8, 4) is 17.7 Å². The van der Waals surface area contributed by atoms with E-state index in [1.807, 2.05) is 12.1 Å². The summed E-state index contributed by atoms with van der Waals surface area (Å²) < 4.78 is 5.07. The third-order valence-corrected chi connectivity index (χ3v) is 4.96. The van der Waals surface area contributed by atoms with E-state index >= 15 is 0 Å². The fourth-order valence-electron chi connectivity index (χ4n) is 3.57. The number of benzene rings is 1. The van der Waals surface area contributed by atoms with Crippen molar-refractivity contribution in [3.63, 3.8) is 0 Å². The van der Waals surface area contributed by atoms with Crippen molar-refractivity contribution in [1.82, 2.24) is 20.2 Å². The van der Waals surface area contributed by atoms with Gasteiger partial charge in [0.15, 0.2) is 0 Å². The molecule has 4 rings (SSSR count). The lowest BCUT2D eigenvalue weighted by atomic mass is 10.0.